The molecular formula is C24H36N2O5S. The number of nitrogens with zero attached hydrogens (tertiary/aromatic N) is 2. The van der Waals surface area contributed by atoms with Crippen LogP contribution in [0.2, 0.25) is 0 Å². The monoisotopic (exact) mass is 464 g/mol. The molecule has 2 unspecified atom stereocenters. The van der Waals surface area contributed by atoms with Gasteiger partial charge in [0, 0.05) is 23.9 Å². The van der Waals surface area contributed by atoms with E-state index in [1.807, 2.05) is 11.8 Å². The lowest BCUT2D eigenvalue weighted by molar-refractivity contribution is -0.155. The third-order valence-corrected chi connectivity index (χ3v) is 10.0. The molecule has 0 aromatic carbocycles. The Morgan fingerprint density at radius 3 is 2.66 bits per heavy atom. The summed E-state index contributed by atoms with van der Waals surface area (Å²) in [6.07, 6.45) is 8.56. The van der Waals surface area contributed by atoms with Crippen molar-refractivity contribution >= 4 is 29.5 Å². The molecule has 3 heterocycles. The molecule has 2 amide bonds. The number of ether oxygens (including phenoxy) is 1. The summed E-state index contributed by atoms with van der Waals surface area (Å²) < 4.78 is 4.33. The van der Waals surface area contributed by atoms with Crippen LogP contribution in [0, 0.1) is 11.8 Å². The number of hydrogen-bond acceptors (Lipinski definition) is 6. The van der Waals surface area contributed by atoms with Crippen LogP contribution in [0.4, 0.5) is 0 Å². The Labute approximate surface area is 194 Å². The summed E-state index contributed by atoms with van der Waals surface area (Å²) in [5, 5.41) is 9.74. The Morgan fingerprint density at radius 2 is 2.03 bits per heavy atom. The van der Waals surface area contributed by atoms with Gasteiger partial charge in [-0.1, -0.05) is 25.3 Å². The summed E-state index contributed by atoms with van der Waals surface area (Å²) in [6.45, 7) is 8.29. The van der Waals surface area contributed by atoms with Crippen LogP contribution in [0.1, 0.15) is 58.8 Å². The highest BCUT2D eigenvalue weighted by Gasteiger charge is 2.77. The molecule has 2 bridgehead atoms. The fourth-order valence-corrected chi connectivity index (χ4v) is 9.09. The van der Waals surface area contributed by atoms with Crippen LogP contribution in [-0.4, -0.2) is 80.6 Å². The molecule has 1 N–H and O–H groups in total. The Morgan fingerprint density at radius 1 is 1.31 bits per heavy atom. The summed E-state index contributed by atoms with van der Waals surface area (Å²) in [5.41, 5.74) is 0. The fourth-order valence-electron chi connectivity index (χ4n) is 6.75. The molecule has 178 valence electrons. The minimum absolute atomic E-state index is 0.0534. The maximum Gasteiger partial charge on any atom is 0.311 e. The summed E-state index contributed by atoms with van der Waals surface area (Å²) in [4.78, 5) is 44.3. The molecule has 1 saturated carbocycles. The maximum atomic E-state index is 14.2. The normalized spacial score (nSPS) is 36.3. The number of β-amino-alcohol motifs (C(OH)–C–C–N with tert-alkyl or cyclic N) is 1. The highest BCUT2D eigenvalue weighted by Crippen LogP contribution is 2.71. The minimum Gasteiger partial charge on any atom is -0.466 e. The van der Waals surface area contributed by atoms with Gasteiger partial charge in [-0.05, 0) is 39.5 Å². The van der Waals surface area contributed by atoms with Gasteiger partial charge in [-0.2, -0.15) is 0 Å². The standard InChI is InChI=1S/C24H36N2O5S/c1-4-13-25(16-9-7-6-8-10-16)21(29)19-24-12-11-23(3,32-24)18(22(30)31-5-2)17(24)20(28)26(19)14-15-27/h4,16-19,27H,1,5-15H2,2-3H3/t17-,18-,19?,23+,24?/m0/s1. The van der Waals surface area contributed by atoms with E-state index in [1.54, 1.807) is 29.7 Å². The topological polar surface area (TPSA) is 87.2 Å². The number of carbonyl (C=O) groups excluding carboxylic acids is 3. The molecular weight excluding hydrogens is 428 g/mol. The Bertz CT molecular complexity index is 784. The molecule has 8 heteroatoms. The molecule has 0 aromatic rings. The Balaban J connectivity index is 1.73. The second kappa shape index (κ2) is 9.01. The number of aliphatic hydroxyl groups is 1. The second-order valence-electron chi connectivity index (χ2n) is 9.81. The van der Waals surface area contributed by atoms with Crippen LogP contribution in [0.3, 0.4) is 0 Å². The predicted molar refractivity (Wildman–Crippen MR) is 123 cm³/mol. The van der Waals surface area contributed by atoms with Crippen LogP contribution in [0.15, 0.2) is 12.7 Å². The molecule has 3 aliphatic heterocycles. The van der Waals surface area contributed by atoms with Gasteiger partial charge < -0.3 is 19.6 Å². The van der Waals surface area contributed by atoms with E-state index in [-0.39, 0.29) is 43.6 Å². The highest BCUT2D eigenvalue weighted by molar-refractivity contribution is 8.02. The number of esters is 1. The average molecular weight is 465 g/mol. The molecule has 4 fully saturated rings. The summed E-state index contributed by atoms with van der Waals surface area (Å²) in [7, 11) is 0. The van der Waals surface area contributed by atoms with E-state index in [0.29, 0.717) is 13.0 Å². The Hall–Kier alpha value is -1.54. The number of carbonyl (C=O) groups is 3. The smallest absolute Gasteiger partial charge is 0.311 e. The van der Waals surface area contributed by atoms with Gasteiger partial charge in [0.2, 0.25) is 11.8 Å². The van der Waals surface area contributed by atoms with E-state index < -0.39 is 27.4 Å². The van der Waals surface area contributed by atoms with Gasteiger partial charge in [0.25, 0.3) is 0 Å². The van der Waals surface area contributed by atoms with Gasteiger partial charge in [0.05, 0.1) is 29.8 Å². The zero-order valence-electron chi connectivity index (χ0n) is 19.3. The van der Waals surface area contributed by atoms with E-state index in [1.165, 1.54) is 6.42 Å². The second-order valence-corrected chi connectivity index (χ2v) is 11.7. The third kappa shape index (κ3) is 3.49. The van der Waals surface area contributed by atoms with Crippen molar-refractivity contribution in [2.75, 3.05) is 26.3 Å². The molecule has 0 radical (unpaired) electrons. The lowest BCUT2D eigenvalue weighted by atomic mass is 9.66. The molecule has 5 atom stereocenters. The predicted octanol–water partition coefficient (Wildman–Crippen LogP) is 2.37. The van der Waals surface area contributed by atoms with Gasteiger partial charge >= 0.3 is 5.97 Å². The maximum absolute atomic E-state index is 14.2. The quantitative estimate of drug-likeness (QED) is 0.438. The first-order chi connectivity index (χ1) is 15.3. The number of fused-ring (bicyclic) bond motifs is 1. The van der Waals surface area contributed by atoms with Gasteiger partial charge in [0.15, 0.2) is 0 Å². The van der Waals surface area contributed by atoms with Gasteiger partial charge in [-0.3, -0.25) is 14.4 Å². The number of amides is 2. The largest absolute Gasteiger partial charge is 0.466 e. The molecule has 1 aliphatic carbocycles. The average Bonchev–Trinajstić information content (AvgIpc) is 3.34. The van der Waals surface area contributed by atoms with Crippen molar-refractivity contribution in [3.63, 3.8) is 0 Å². The van der Waals surface area contributed by atoms with Gasteiger partial charge in [-0.15, -0.1) is 18.3 Å². The fraction of sp³-hybridized carbons (Fsp3) is 0.792. The number of hydrogen-bond donors (Lipinski definition) is 1. The van der Waals surface area contributed by atoms with Crippen LogP contribution in [0.25, 0.3) is 0 Å². The van der Waals surface area contributed by atoms with Gasteiger partial charge in [0.1, 0.15) is 6.04 Å². The van der Waals surface area contributed by atoms with E-state index in [2.05, 4.69) is 6.58 Å². The Kier molecular flexibility index (Phi) is 6.65. The zero-order valence-corrected chi connectivity index (χ0v) is 20.1. The van der Waals surface area contributed by atoms with E-state index in [4.69, 9.17) is 4.74 Å². The minimum atomic E-state index is -0.666. The van der Waals surface area contributed by atoms with Gasteiger partial charge in [-0.25, -0.2) is 0 Å². The number of aliphatic hydroxyl groups excluding tert-OH is 1. The van der Waals surface area contributed by atoms with Crippen molar-refractivity contribution in [3.8, 4) is 0 Å². The number of rotatable bonds is 8. The third-order valence-electron chi connectivity index (χ3n) is 8.02. The molecule has 3 saturated heterocycles. The number of thioether (sulfide) groups is 1. The lowest BCUT2D eigenvalue weighted by Crippen LogP contribution is -2.57. The molecule has 7 nitrogen and oxygen atoms in total. The van der Waals surface area contributed by atoms with Crippen molar-refractivity contribution in [1.29, 1.82) is 0 Å². The van der Waals surface area contributed by atoms with E-state index in [9.17, 15) is 19.5 Å². The summed E-state index contributed by atoms with van der Waals surface area (Å²) >= 11 is 1.65. The van der Waals surface area contributed by atoms with Crippen LogP contribution in [-0.2, 0) is 19.1 Å². The lowest BCUT2D eigenvalue weighted by Gasteiger charge is -2.41. The molecule has 0 aromatic heterocycles. The van der Waals surface area contributed by atoms with Crippen molar-refractivity contribution in [2.45, 2.75) is 80.4 Å². The highest BCUT2D eigenvalue weighted by atomic mass is 32.2. The van der Waals surface area contributed by atoms with Crippen molar-refractivity contribution in [3.05, 3.63) is 12.7 Å². The van der Waals surface area contributed by atoms with Crippen LogP contribution in [0.5, 0.6) is 0 Å². The summed E-state index contributed by atoms with van der Waals surface area (Å²) in [5.74, 6) is -1.72. The number of likely N-dealkylation sites (tertiary alicyclic amines) is 1. The van der Waals surface area contributed by atoms with E-state index in [0.717, 1.165) is 32.1 Å². The molecule has 32 heavy (non-hydrogen) atoms. The van der Waals surface area contributed by atoms with Crippen LogP contribution < -0.4 is 0 Å². The first-order valence-corrected chi connectivity index (χ1v) is 12.9. The van der Waals surface area contributed by atoms with Crippen molar-refractivity contribution < 1.29 is 24.2 Å². The SMILES string of the molecule is C=CCN(C(=O)C1N(CCO)C(=O)[C@@H]2[C@@H](C(=O)OCC)[C@@]3(C)CCC12S3)C1CCCCC1. The van der Waals surface area contributed by atoms with Crippen molar-refractivity contribution in [1.82, 2.24) is 9.80 Å². The molecule has 1 spiro atoms. The first kappa shape index (κ1) is 23.6. The zero-order chi connectivity index (χ0) is 23.1. The van der Waals surface area contributed by atoms with E-state index >= 15 is 0 Å². The molecule has 4 aliphatic rings. The van der Waals surface area contributed by atoms with Crippen molar-refractivity contribution in [2.24, 2.45) is 11.8 Å². The molecule has 4 rings (SSSR count). The van der Waals surface area contributed by atoms with Crippen LogP contribution >= 0.6 is 11.8 Å². The summed E-state index contributed by atoms with van der Waals surface area (Å²) in [6, 6.07) is -0.517. The first-order valence-electron chi connectivity index (χ1n) is 12.0.